The second kappa shape index (κ2) is 1.50. The number of aromatic nitrogens is 1. The van der Waals surface area contributed by atoms with Crippen LogP contribution in [0.15, 0.2) is 17.3 Å². The van der Waals surface area contributed by atoms with Crippen LogP contribution >= 0.6 is 12.6 Å². The third-order valence-corrected chi connectivity index (χ3v) is 0.911. The van der Waals surface area contributed by atoms with Crippen LogP contribution in [0.4, 0.5) is 0 Å². The molecule has 0 saturated heterocycles. The van der Waals surface area contributed by atoms with Gasteiger partial charge in [-0.2, -0.15) is 0 Å². The molecule has 7 heavy (non-hydrogen) atoms. The van der Waals surface area contributed by atoms with E-state index in [1.807, 2.05) is 0 Å². The molecule has 0 aromatic carbocycles. The van der Waals surface area contributed by atoms with E-state index in [1.54, 1.807) is 0 Å². The molecule has 38 valence electrons. The summed E-state index contributed by atoms with van der Waals surface area (Å²) in [7, 11) is 0. The predicted octanol–water partition coefficient (Wildman–Crippen LogP) is 1.01. The van der Waals surface area contributed by atoms with E-state index in [-0.39, 0.29) is 5.75 Å². The van der Waals surface area contributed by atoms with Gasteiger partial charge in [-0.15, -0.1) is 12.6 Å². The lowest BCUT2D eigenvalue weighted by Gasteiger charge is -1.70. The Bertz CT molecular complexity index is 144. The zero-order valence-electron chi connectivity index (χ0n) is 3.55. The van der Waals surface area contributed by atoms with Crippen LogP contribution in [-0.2, 0) is 0 Å². The Kier molecular flexibility index (Phi) is 0.982. The van der Waals surface area contributed by atoms with Gasteiger partial charge in [-0.1, -0.05) is 0 Å². The summed E-state index contributed by atoms with van der Waals surface area (Å²) < 4.78 is 0. The smallest absolute Gasteiger partial charge is 0.134 e. The normalized spacial score (nSPS) is 9.29. The van der Waals surface area contributed by atoms with E-state index in [9.17, 15) is 0 Å². The highest BCUT2D eigenvalue weighted by Gasteiger charge is 1.86. The summed E-state index contributed by atoms with van der Waals surface area (Å²) in [5, 5.41) is 9.25. The van der Waals surface area contributed by atoms with Crippen molar-refractivity contribution in [2.24, 2.45) is 0 Å². The minimum Gasteiger partial charge on any atom is -0.506 e. The number of thiol groups is 1. The molecule has 0 aliphatic rings. The lowest BCUT2D eigenvalue weighted by atomic mass is 10.6. The fourth-order valence-corrected chi connectivity index (χ4v) is 0.568. The Morgan fingerprint density at radius 3 is 2.57 bits per heavy atom. The molecule has 0 radical (unpaired) electrons. The Balaban J connectivity index is 3.04. The first-order valence-corrected chi connectivity index (χ1v) is 2.30. The molecular formula is C4H5NOS. The minimum absolute atomic E-state index is 0.227. The molecule has 1 rings (SSSR count). The number of aromatic amines is 1. The van der Waals surface area contributed by atoms with E-state index in [0.717, 1.165) is 0 Å². The molecule has 0 unspecified atom stereocenters. The number of rotatable bonds is 0. The second-order valence-corrected chi connectivity index (χ2v) is 1.72. The van der Waals surface area contributed by atoms with Crippen molar-refractivity contribution in [1.82, 2.24) is 4.98 Å². The maximum absolute atomic E-state index is 8.57. The number of hydrogen-bond donors (Lipinski definition) is 3. The van der Waals surface area contributed by atoms with Crippen molar-refractivity contribution >= 4 is 12.6 Å². The fraction of sp³-hybridized carbons (Fsp3) is 0. The largest absolute Gasteiger partial charge is 0.506 e. The molecule has 0 amide bonds. The highest BCUT2D eigenvalue weighted by Crippen LogP contribution is 2.11. The minimum atomic E-state index is 0.227. The summed E-state index contributed by atoms with van der Waals surface area (Å²) in [6.45, 7) is 0. The number of H-pyrrole nitrogens is 1. The third-order valence-electron chi connectivity index (χ3n) is 0.653. The molecule has 3 heteroatoms. The van der Waals surface area contributed by atoms with Gasteiger partial charge in [0, 0.05) is 12.3 Å². The molecule has 0 saturated carbocycles. The highest BCUT2D eigenvalue weighted by molar-refractivity contribution is 7.80. The van der Waals surface area contributed by atoms with Crippen molar-refractivity contribution in [2.75, 3.05) is 0 Å². The van der Waals surface area contributed by atoms with Crippen LogP contribution in [-0.4, -0.2) is 10.1 Å². The zero-order valence-corrected chi connectivity index (χ0v) is 4.44. The summed E-state index contributed by atoms with van der Waals surface area (Å²) in [5.74, 6) is 0.227. The molecule has 0 spiro atoms. The standard InChI is InChI=1S/C4H5NOS/c6-3-1-4(7)5-2-3/h1-2,5-7H. The molecule has 2 nitrogen and oxygen atoms in total. The van der Waals surface area contributed by atoms with Crippen molar-refractivity contribution in [2.45, 2.75) is 5.03 Å². The molecule has 1 heterocycles. The van der Waals surface area contributed by atoms with Crippen LogP contribution in [0.3, 0.4) is 0 Å². The van der Waals surface area contributed by atoms with Crippen LogP contribution < -0.4 is 0 Å². The quantitative estimate of drug-likeness (QED) is 0.433. The van der Waals surface area contributed by atoms with Gasteiger partial charge in [0.2, 0.25) is 0 Å². The summed E-state index contributed by atoms with van der Waals surface area (Å²) in [6.07, 6.45) is 1.47. The van der Waals surface area contributed by atoms with Crippen LogP contribution in [0.25, 0.3) is 0 Å². The van der Waals surface area contributed by atoms with Crippen LogP contribution in [0, 0.1) is 0 Å². The van der Waals surface area contributed by atoms with Crippen molar-refractivity contribution in [1.29, 1.82) is 0 Å². The van der Waals surface area contributed by atoms with Crippen LogP contribution in [0.2, 0.25) is 0 Å². The van der Waals surface area contributed by atoms with E-state index in [0.29, 0.717) is 5.03 Å². The van der Waals surface area contributed by atoms with Crippen molar-refractivity contribution in [3.63, 3.8) is 0 Å². The molecule has 1 aromatic rings. The Labute approximate surface area is 46.6 Å². The van der Waals surface area contributed by atoms with E-state index in [2.05, 4.69) is 17.6 Å². The van der Waals surface area contributed by atoms with Gasteiger partial charge in [0.25, 0.3) is 0 Å². The average Bonchev–Trinajstić information content (AvgIpc) is 1.87. The molecular weight excluding hydrogens is 110 g/mol. The lowest BCUT2D eigenvalue weighted by molar-refractivity contribution is 0.476. The summed E-state index contributed by atoms with van der Waals surface area (Å²) >= 11 is 3.89. The van der Waals surface area contributed by atoms with Gasteiger partial charge in [-0.25, -0.2) is 0 Å². The summed E-state index contributed by atoms with van der Waals surface area (Å²) in [4.78, 5) is 2.68. The summed E-state index contributed by atoms with van der Waals surface area (Å²) in [6, 6.07) is 1.53. The van der Waals surface area contributed by atoms with Gasteiger partial charge in [-0.05, 0) is 0 Å². The van der Waals surface area contributed by atoms with Gasteiger partial charge in [0.1, 0.15) is 5.75 Å². The van der Waals surface area contributed by atoms with Gasteiger partial charge >= 0.3 is 0 Å². The average molecular weight is 115 g/mol. The molecule has 0 fully saturated rings. The number of aromatic hydroxyl groups is 1. The van der Waals surface area contributed by atoms with Gasteiger partial charge < -0.3 is 10.1 Å². The summed E-state index contributed by atoms with van der Waals surface area (Å²) in [5.41, 5.74) is 0. The maximum Gasteiger partial charge on any atom is 0.134 e. The number of nitrogens with one attached hydrogen (secondary N) is 1. The van der Waals surface area contributed by atoms with Crippen molar-refractivity contribution in [3.8, 4) is 5.75 Å². The Morgan fingerprint density at radius 1 is 1.71 bits per heavy atom. The zero-order chi connectivity index (χ0) is 5.28. The second-order valence-electron chi connectivity index (χ2n) is 1.24. The van der Waals surface area contributed by atoms with Crippen molar-refractivity contribution < 1.29 is 5.11 Å². The van der Waals surface area contributed by atoms with Crippen molar-refractivity contribution in [3.05, 3.63) is 12.3 Å². The molecule has 0 aliphatic heterocycles. The maximum atomic E-state index is 8.57. The van der Waals surface area contributed by atoms with Crippen LogP contribution in [0.1, 0.15) is 0 Å². The SMILES string of the molecule is Oc1c[nH]c(S)c1. The molecule has 1 aromatic heterocycles. The van der Waals surface area contributed by atoms with E-state index < -0.39 is 0 Å². The Hall–Kier alpha value is -0.570. The van der Waals surface area contributed by atoms with Gasteiger partial charge in [0.05, 0.1) is 5.03 Å². The highest BCUT2D eigenvalue weighted by atomic mass is 32.1. The fourth-order valence-electron chi connectivity index (χ4n) is 0.371. The molecule has 2 N–H and O–H groups in total. The molecule has 0 atom stereocenters. The van der Waals surface area contributed by atoms with E-state index in [4.69, 9.17) is 5.11 Å². The van der Waals surface area contributed by atoms with E-state index in [1.165, 1.54) is 12.3 Å². The molecule has 0 aliphatic carbocycles. The first kappa shape index (κ1) is 4.59. The topological polar surface area (TPSA) is 36.0 Å². The number of hydrogen-bond acceptors (Lipinski definition) is 2. The van der Waals surface area contributed by atoms with Gasteiger partial charge in [-0.3, -0.25) is 0 Å². The first-order valence-electron chi connectivity index (χ1n) is 1.85. The lowest BCUT2D eigenvalue weighted by Crippen LogP contribution is -1.51. The Morgan fingerprint density at radius 2 is 2.43 bits per heavy atom. The van der Waals surface area contributed by atoms with Gasteiger partial charge in [0.15, 0.2) is 0 Å². The van der Waals surface area contributed by atoms with Crippen LogP contribution in [0.5, 0.6) is 5.75 Å². The predicted molar refractivity (Wildman–Crippen MR) is 29.7 cm³/mol. The van der Waals surface area contributed by atoms with E-state index >= 15 is 0 Å². The monoisotopic (exact) mass is 115 g/mol. The molecule has 0 bridgehead atoms. The third kappa shape index (κ3) is 0.899. The first-order chi connectivity index (χ1) is 3.29.